The summed E-state index contributed by atoms with van der Waals surface area (Å²) in [6, 6.07) is 15.7. The third-order valence-electron chi connectivity index (χ3n) is 4.59. The lowest BCUT2D eigenvalue weighted by Crippen LogP contribution is -2.24. The van der Waals surface area contributed by atoms with Gasteiger partial charge >= 0.3 is 0 Å². The van der Waals surface area contributed by atoms with Crippen molar-refractivity contribution in [1.29, 1.82) is 0 Å². The highest BCUT2D eigenvalue weighted by molar-refractivity contribution is 9.10. The maximum Gasteiger partial charge on any atom is 0.273 e. The molecule has 0 radical (unpaired) electrons. The molecule has 0 fully saturated rings. The van der Waals surface area contributed by atoms with E-state index in [1.54, 1.807) is 37.3 Å². The lowest BCUT2D eigenvalue weighted by atomic mass is 10.1. The van der Waals surface area contributed by atoms with Crippen LogP contribution in [-0.4, -0.2) is 36.8 Å². The summed E-state index contributed by atoms with van der Waals surface area (Å²) in [6.07, 6.45) is 2.86. The van der Waals surface area contributed by atoms with E-state index in [9.17, 15) is 9.59 Å². The molecule has 0 aliphatic heterocycles. The van der Waals surface area contributed by atoms with Crippen LogP contribution in [0.2, 0.25) is 0 Å². The van der Waals surface area contributed by atoms with Crippen molar-refractivity contribution in [2.75, 3.05) is 10.6 Å². The number of H-pyrrole nitrogens is 1. The molecule has 2 aromatic carbocycles. The minimum absolute atomic E-state index is 0.222. The molecule has 2 aromatic heterocycles. The second-order valence-corrected chi connectivity index (χ2v) is 7.66. The Balaban J connectivity index is 1.37. The summed E-state index contributed by atoms with van der Waals surface area (Å²) in [5, 5.41) is 16.5. The van der Waals surface area contributed by atoms with E-state index in [4.69, 9.17) is 0 Å². The quantitative estimate of drug-likeness (QED) is 0.387. The van der Waals surface area contributed by atoms with Gasteiger partial charge in [0, 0.05) is 21.4 Å². The molecule has 4 aromatic rings. The molecular formula is C21H18BrN7O2. The van der Waals surface area contributed by atoms with Crippen LogP contribution in [-0.2, 0) is 4.79 Å². The first-order valence-corrected chi connectivity index (χ1v) is 10.2. The van der Waals surface area contributed by atoms with Crippen molar-refractivity contribution in [3.8, 4) is 11.3 Å². The van der Waals surface area contributed by atoms with Crippen molar-refractivity contribution in [3.63, 3.8) is 0 Å². The zero-order valence-electron chi connectivity index (χ0n) is 16.4. The maximum absolute atomic E-state index is 12.5. The van der Waals surface area contributed by atoms with Gasteiger partial charge in [0.25, 0.3) is 5.91 Å². The Bertz CT molecular complexity index is 1190. The number of hydrogen-bond acceptors (Lipinski definition) is 5. The number of carbonyl (C=O) groups is 2. The first-order valence-electron chi connectivity index (χ1n) is 9.37. The molecule has 0 bridgehead atoms. The number of aromatic nitrogens is 5. The van der Waals surface area contributed by atoms with Crippen molar-refractivity contribution in [3.05, 3.63) is 77.4 Å². The van der Waals surface area contributed by atoms with Gasteiger partial charge in [0.1, 0.15) is 24.4 Å². The lowest BCUT2D eigenvalue weighted by Gasteiger charge is -2.12. The predicted molar refractivity (Wildman–Crippen MR) is 119 cm³/mol. The molecule has 0 spiro atoms. The molecule has 0 saturated carbocycles. The van der Waals surface area contributed by atoms with E-state index in [-0.39, 0.29) is 11.8 Å². The number of amides is 2. The smallest absolute Gasteiger partial charge is 0.273 e. The lowest BCUT2D eigenvalue weighted by molar-refractivity contribution is -0.119. The number of nitrogens with zero attached hydrogens (tertiary/aromatic N) is 4. The molecule has 3 N–H and O–H groups in total. The topological polar surface area (TPSA) is 118 Å². The van der Waals surface area contributed by atoms with Crippen molar-refractivity contribution in [2.45, 2.75) is 13.0 Å². The minimum Gasteiger partial charge on any atom is -0.324 e. The number of rotatable bonds is 6. The average molecular weight is 480 g/mol. The Hall–Kier alpha value is -3.79. The Morgan fingerprint density at radius 3 is 2.35 bits per heavy atom. The summed E-state index contributed by atoms with van der Waals surface area (Å²) in [5.74, 6) is -0.535. The van der Waals surface area contributed by atoms with Gasteiger partial charge in [-0.3, -0.25) is 14.7 Å². The third-order valence-corrected chi connectivity index (χ3v) is 5.11. The van der Waals surface area contributed by atoms with Gasteiger partial charge in [-0.1, -0.05) is 28.1 Å². The summed E-state index contributed by atoms with van der Waals surface area (Å²) >= 11 is 3.40. The third kappa shape index (κ3) is 4.86. The standard InChI is InChI=1S/C21H18BrN7O2/c1-13(29-12-23-11-24-29)20(30)25-16-6-8-17(9-7-16)26-21(31)19-10-18(27-28-19)14-2-4-15(22)5-3-14/h2-13H,1H3,(H,25,30)(H,26,31)(H,27,28). The van der Waals surface area contributed by atoms with Crippen molar-refractivity contribution in [2.24, 2.45) is 0 Å². The number of carbonyl (C=O) groups excluding carboxylic acids is 2. The Labute approximate surface area is 186 Å². The molecule has 0 aliphatic rings. The summed E-state index contributed by atoms with van der Waals surface area (Å²) in [7, 11) is 0. The molecule has 31 heavy (non-hydrogen) atoms. The number of benzene rings is 2. The van der Waals surface area contributed by atoms with Crippen LogP contribution in [0.1, 0.15) is 23.5 Å². The summed E-state index contributed by atoms with van der Waals surface area (Å²) in [5.41, 5.74) is 3.12. The first-order chi connectivity index (χ1) is 15.0. The van der Waals surface area contributed by atoms with Gasteiger partial charge in [-0.05, 0) is 49.4 Å². The van der Waals surface area contributed by atoms with E-state index in [2.05, 4.69) is 46.8 Å². The van der Waals surface area contributed by atoms with Crippen LogP contribution < -0.4 is 10.6 Å². The van der Waals surface area contributed by atoms with Crippen LogP contribution in [0.3, 0.4) is 0 Å². The number of halogens is 1. The molecule has 9 nitrogen and oxygen atoms in total. The fourth-order valence-electron chi connectivity index (χ4n) is 2.83. The largest absolute Gasteiger partial charge is 0.324 e. The van der Waals surface area contributed by atoms with E-state index in [1.165, 1.54) is 17.3 Å². The molecule has 10 heteroatoms. The molecule has 4 rings (SSSR count). The molecule has 1 atom stereocenters. The van der Waals surface area contributed by atoms with E-state index in [1.807, 2.05) is 24.3 Å². The van der Waals surface area contributed by atoms with Crippen molar-refractivity contribution >= 4 is 39.1 Å². The average Bonchev–Trinajstić information content (AvgIpc) is 3.48. The van der Waals surface area contributed by atoms with E-state index in [0.717, 1.165) is 10.0 Å². The minimum atomic E-state index is -0.498. The van der Waals surface area contributed by atoms with Gasteiger partial charge in [-0.2, -0.15) is 10.2 Å². The Kier molecular flexibility index (Phi) is 5.89. The van der Waals surface area contributed by atoms with Gasteiger partial charge in [0.05, 0.1) is 5.69 Å². The van der Waals surface area contributed by atoms with Crippen LogP contribution in [0.25, 0.3) is 11.3 Å². The molecule has 0 aliphatic carbocycles. The highest BCUT2D eigenvalue weighted by Crippen LogP contribution is 2.21. The molecule has 156 valence electrons. The Morgan fingerprint density at radius 1 is 1.03 bits per heavy atom. The summed E-state index contributed by atoms with van der Waals surface area (Å²) < 4.78 is 2.44. The highest BCUT2D eigenvalue weighted by Gasteiger charge is 2.16. The zero-order valence-corrected chi connectivity index (χ0v) is 18.0. The zero-order chi connectivity index (χ0) is 21.8. The molecule has 1 unspecified atom stereocenters. The van der Waals surface area contributed by atoms with E-state index in [0.29, 0.717) is 22.8 Å². The summed E-state index contributed by atoms with van der Waals surface area (Å²) in [4.78, 5) is 28.7. The van der Waals surface area contributed by atoms with Gasteiger partial charge in [-0.25, -0.2) is 9.67 Å². The number of anilines is 2. The predicted octanol–water partition coefficient (Wildman–Crippen LogP) is 3.88. The maximum atomic E-state index is 12.5. The second kappa shape index (κ2) is 8.92. The molecule has 2 amide bonds. The highest BCUT2D eigenvalue weighted by atomic mass is 79.9. The van der Waals surface area contributed by atoms with Gasteiger partial charge in [0.15, 0.2) is 0 Å². The van der Waals surface area contributed by atoms with Gasteiger partial charge < -0.3 is 10.6 Å². The van der Waals surface area contributed by atoms with Crippen LogP contribution in [0.4, 0.5) is 11.4 Å². The van der Waals surface area contributed by atoms with Crippen LogP contribution in [0.15, 0.2) is 71.7 Å². The second-order valence-electron chi connectivity index (χ2n) is 6.75. The summed E-state index contributed by atoms with van der Waals surface area (Å²) in [6.45, 7) is 1.73. The fourth-order valence-corrected chi connectivity index (χ4v) is 3.09. The van der Waals surface area contributed by atoms with E-state index < -0.39 is 6.04 Å². The monoisotopic (exact) mass is 479 g/mol. The van der Waals surface area contributed by atoms with E-state index >= 15 is 0 Å². The van der Waals surface area contributed by atoms with Gasteiger partial charge in [-0.15, -0.1) is 0 Å². The molecule has 0 saturated heterocycles. The normalized spacial score (nSPS) is 11.7. The first kappa shape index (κ1) is 20.5. The van der Waals surface area contributed by atoms with Crippen molar-refractivity contribution in [1.82, 2.24) is 25.0 Å². The van der Waals surface area contributed by atoms with Crippen LogP contribution in [0, 0.1) is 0 Å². The SMILES string of the molecule is CC(C(=O)Nc1ccc(NC(=O)c2cc(-c3ccc(Br)cc3)n[nH]2)cc1)n1cncn1. The Morgan fingerprint density at radius 2 is 1.71 bits per heavy atom. The number of aromatic amines is 1. The van der Waals surface area contributed by atoms with Crippen molar-refractivity contribution < 1.29 is 9.59 Å². The molecular weight excluding hydrogens is 462 g/mol. The van der Waals surface area contributed by atoms with Crippen LogP contribution in [0.5, 0.6) is 0 Å². The van der Waals surface area contributed by atoms with Crippen LogP contribution >= 0.6 is 15.9 Å². The van der Waals surface area contributed by atoms with Gasteiger partial charge in [0.2, 0.25) is 5.91 Å². The number of nitrogens with one attached hydrogen (secondary N) is 3. The fraction of sp³-hybridized carbons (Fsp3) is 0.0952. The molecule has 2 heterocycles. The number of hydrogen-bond donors (Lipinski definition) is 3.